The van der Waals surface area contributed by atoms with Crippen LogP contribution in [0.5, 0.6) is 0 Å². The molecule has 0 atom stereocenters. The molecule has 0 spiro atoms. The van der Waals surface area contributed by atoms with Crippen LogP contribution in [0.1, 0.15) is 36.9 Å². The van der Waals surface area contributed by atoms with E-state index < -0.39 is 0 Å². The van der Waals surface area contributed by atoms with Crippen molar-refractivity contribution in [1.82, 2.24) is 20.4 Å². The molecule has 1 aliphatic rings. The molecule has 2 N–H and O–H groups in total. The number of fused-ring (bicyclic) bond motifs is 1. The summed E-state index contributed by atoms with van der Waals surface area (Å²) >= 11 is 0. The Labute approximate surface area is 134 Å². The van der Waals surface area contributed by atoms with Crippen LogP contribution in [-0.2, 0) is 0 Å². The third-order valence-electron chi connectivity index (χ3n) is 4.34. The van der Waals surface area contributed by atoms with Gasteiger partial charge < -0.3 is 0 Å². The minimum atomic E-state index is 0.945. The fourth-order valence-electron chi connectivity index (χ4n) is 3.08. The van der Waals surface area contributed by atoms with Crippen LogP contribution in [0, 0.1) is 6.92 Å². The van der Waals surface area contributed by atoms with Gasteiger partial charge in [0, 0.05) is 16.6 Å². The molecule has 0 radical (unpaired) electrons. The number of nitrogens with zero attached hydrogens (tertiary/aromatic N) is 3. The predicted octanol–water partition coefficient (Wildman–Crippen LogP) is 4.22. The van der Waals surface area contributed by atoms with Crippen molar-refractivity contribution in [1.29, 1.82) is 0 Å². The van der Waals surface area contributed by atoms with E-state index in [9.17, 15) is 0 Å². The minimum Gasteiger partial charge on any atom is -0.282 e. The van der Waals surface area contributed by atoms with Crippen LogP contribution in [-0.4, -0.2) is 26.1 Å². The summed E-state index contributed by atoms with van der Waals surface area (Å²) in [5.74, 6) is 0. The Morgan fingerprint density at radius 1 is 1.13 bits per heavy atom. The van der Waals surface area contributed by atoms with Gasteiger partial charge in [-0.15, -0.1) is 0 Å². The van der Waals surface area contributed by atoms with Gasteiger partial charge in [0.2, 0.25) is 0 Å². The van der Waals surface area contributed by atoms with Crippen LogP contribution >= 0.6 is 0 Å². The molecule has 116 valence electrons. The first-order chi connectivity index (χ1) is 11.3. The lowest BCUT2D eigenvalue weighted by atomic mass is 9.92. The van der Waals surface area contributed by atoms with E-state index in [2.05, 4.69) is 32.5 Å². The molecule has 1 aliphatic carbocycles. The smallest absolute Gasteiger partial charge is 0.0772 e. The van der Waals surface area contributed by atoms with Crippen molar-refractivity contribution in [3.63, 3.8) is 0 Å². The number of aryl methyl sites for hydroxylation is 1. The quantitative estimate of drug-likeness (QED) is 0.711. The average molecular weight is 305 g/mol. The molecule has 4 rings (SSSR count). The molecule has 2 heterocycles. The lowest BCUT2D eigenvalue weighted by molar-refractivity contribution is 0.717. The zero-order valence-electron chi connectivity index (χ0n) is 13.1. The number of allylic oxidation sites excluding steroid dienone is 2. The van der Waals surface area contributed by atoms with Crippen molar-refractivity contribution < 1.29 is 0 Å². The summed E-state index contributed by atoms with van der Waals surface area (Å²) in [5.41, 5.74) is 6.49. The molecule has 5 heteroatoms. The lowest BCUT2D eigenvalue weighted by Crippen LogP contribution is -2.08. The average Bonchev–Trinajstić information content (AvgIpc) is 3.21. The van der Waals surface area contributed by atoms with E-state index in [1.807, 2.05) is 31.5 Å². The van der Waals surface area contributed by atoms with E-state index in [1.165, 1.54) is 18.4 Å². The Balaban J connectivity index is 1.83. The standard InChI is InChI=1S/C18H19N5/c1-12-16(11-20-22-12)18(13-5-3-2-4-6-13)21-15-7-8-17-14(9-15)10-19-23-17/h5,7-11H,2-4,6H2,1H3,(H,19,23)(H,20,22). The van der Waals surface area contributed by atoms with Gasteiger partial charge in [-0.1, -0.05) is 6.08 Å². The summed E-state index contributed by atoms with van der Waals surface area (Å²) in [6.07, 6.45) is 10.7. The van der Waals surface area contributed by atoms with Crippen LogP contribution in [0.3, 0.4) is 0 Å². The maximum Gasteiger partial charge on any atom is 0.0772 e. The van der Waals surface area contributed by atoms with E-state index in [0.717, 1.165) is 46.4 Å². The van der Waals surface area contributed by atoms with Crippen LogP contribution in [0.4, 0.5) is 5.69 Å². The second-order valence-corrected chi connectivity index (χ2v) is 5.99. The van der Waals surface area contributed by atoms with E-state index in [1.54, 1.807) is 0 Å². The molecule has 0 fully saturated rings. The largest absolute Gasteiger partial charge is 0.282 e. The molecule has 0 unspecified atom stereocenters. The van der Waals surface area contributed by atoms with Gasteiger partial charge >= 0.3 is 0 Å². The molecule has 2 aromatic heterocycles. The number of H-pyrrole nitrogens is 2. The molecule has 0 aliphatic heterocycles. The number of aromatic nitrogens is 4. The van der Waals surface area contributed by atoms with Gasteiger partial charge in [0.05, 0.1) is 29.3 Å². The summed E-state index contributed by atoms with van der Waals surface area (Å²) in [5, 5.41) is 15.3. The first-order valence-corrected chi connectivity index (χ1v) is 8.03. The molecule has 0 saturated carbocycles. The molecule has 0 saturated heterocycles. The summed E-state index contributed by atoms with van der Waals surface area (Å²) in [4.78, 5) is 4.96. The van der Waals surface area contributed by atoms with Crippen molar-refractivity contribution in [2.45, 2.75) is 32.6 Å². The number of nitrogens with one attached hydrogen (secondary N) is 2. The van der Waals surface area contributed by atoms with Crippen molar-refractivity contribution in [2.75, 3.05) is 0 Å². The fourth-order valence-corrected chi connectivity index (χ4v) is 3.08. The number of aromatic amines is 2. The zero-order valence-corrected chi connectivity index (χ0v) is 13.1. The second kappa shape index (κ2) is 5.83. The Morgan fingerprint density at radius 3 is 2.83 bits per heavy atom. The van der Waals surface area contributed by atoms with Crippen molar-refractivity contribution in [3.8, 4) is 0 Å². The molecular weight excluding hydrogens is 286 g/mol. The normalized spacial score (nSPS) is 15.9. The molecule has 0 bridgehead atoms. The molecule has 5 nitrogen and oxygen atoms in total. The van der Waals surface area contributed by atoms with Gasteiger partial charge in [0.25, 0.3) is 0 Å². The zero-order chi connectivity index (χ0) is 15.6. The number of rotatable bonds is 3. The number of aliphatic imine (C=N–C) groups is 1. The Hall–Kier alpha value is -2.69. The fraction of sp³-hybridized carbons (Fsp3) is 0.278. The molecule has 3 aromatic rings. The molecule has 0 amide bonds. The van der Waals surface area contributed by atoms with E-state index in [-0.39, 0.29) is 0 Å². The third kappa shape index (κ3) is 2.70. The predicted molar refractivity (Wildman–Crippen MR) is 92.2 cm³/mol. The molecule has 1 aromatic carbocycles. The SMILES string of the molecule is Cc1[nH]ncc1C(=Nc1ccc2[nH]ncc2c1)C1=CCCCC1. The maximum absolute atomic E-state index is 4.96. The highest BCUT2D eigenvalue weighted by Gasteiger charge is 2.16. The highest BCUT2D eigenvalue weighted by Crippen LogP contribution is 2.27. The third-order valence-corrected chi connectivity index (χ3v) is 4.34. The molecular formula is C18H19N5. The number of hydrogen-bond acceptors (Lipinski definition) is 3. The topological polar surface area (TPSA) is 69.7 Å². The Kier molecular flexibility index (Phi) is 3.54. The van der Waals surface area contributed by atoms with Crippen molar-refractivity contribution in [2.24, 2.45) is 4.99 Å². The van der Waals surface area contributed by atoms with Crippen molar-refractivity contribution >= 4 is 22.3 Å². The van der Waals surface area contributed by atoms with Crippen molar-refractivity contribution in [3.05, 3.63) is 53.5 Å². The summed E-state index contributed by atoms with van der Waals surface area (Å²) < 4.78 is 0. The van der Waals surface area contributed by atoms with Gasteiger partial charge in [-0.3, -0.25) is 10.2 Å². The van der Waals surface area contributed by atoms with Gasteiger partial charge in [-0.2, -0.15) is 10.2 Å². The van der Waals surface area contributed by atoms with Gasteiger partial charge in [0.1, 0.15) is 0 Å². The van der Waals surface area contributed by atoms with E-state index in [4.69, 9.17) is 4.99 Å². The summed E-state index contributed by atoms with van der Waals surface area (Å²) in [6.45, 7) is 2.04. The minimum absolute atomic E-state index is 0.945. The number of hydrogen-bond donors (Lipinski definition) is 2. The van der Waals surface area contributed by atoms with Crippen LogP contribution < -0.4 is 0 Å². The van der Waals surface area contributed by atoms with Gasteiger partial charge in [-0.25, -0.2) is 4.99 Å². The maximum atomic E-state index is 4.96. The van der Waals surface area contributed by atoms with Gasteiger partial charge in [0.15, 0.2) is 0 Å². The Morgan fingerprint density at radius 2 is 2.04 bits per heavy atom. The van der Waals surface area contributed by atoms with Crippen LogP contribution in [0.15, 0.2) is 47.2 Å². The highest BCUT2D eigenvalue weighted by atomic mass is 15.1. The lowest BCUT2D eigenvalue weighted by Gasteiger charge is -2.15. The van der Waals surface area contributed by atoms with Gasteiger partial charge in [-0.05, 0) is 56.4 Å². The molecule has 23 heavy (non-hydrogen) atoms. The number of benzene rings is 1. The monoisotopic (exact) mass is 305 g/mol. The van der Waals surface area contributed by atoms with Crippen LogP contribution in [0.25, 0.3) is 10.9 Å². The van der Waals surface area contributed by atoms with Crippen LogP contribution in [0.2, 0.25) is 0 Å². The second-order valence-electron chi connectivity index (χ2n) is 5.99. The van der Waals surface area contributed by atoms with E-state index in [0.29, 0.717) is 0 Å². The first-order valence-electron chi connectivity index (χ1n) is 8.03. The van der Waals surface area contributed by atoms with E-state index >= 15 is 0 Å². The highest BCUT2D eigenvalue weighted by molar-refractivity contribution is 6.14. The summed E-state index contributed by atoms with van der Waals surface area (Å²) in [7, 11) is 0. The summed E-state index contributed by atoms with van der Waals surface area (Å²) in [6, 6.07) is 6.12. The Bertz CT molecular complexity index is 897. The first kappa shape index (κ1) is 13.9.